The average Bonchev–Trinajstić information content (AvgIpc) is 1.85. The quantitative estimate of drug-likeness (QED) is 0.289. The van der Waals surface area contributed by atoms with Gasteiger partial charge in [0.15, 0.2) is 0 Å². The van der Waals surface area contributed by atoms with Crippen LogP contribution in [0.3, 0.4) is 0 Å². The molecule has 0 aromatic carbocycles. The zero-order valence-electron chi connectivity index (χ0n) is 4.87. The Bertz CT molecular complexity index is 178. The van der Waals surface area contributed by atoms with Gasteiger partial charge in [-0.1, -0.05) is 0 Å². The van der Waals surface area contributed by atoms with E-state index in [1.807, 2.05) is 11.5 Å². The van der Waals surface area contributed by atoms with Gasteiger partial charge >= 0.3 is 68.5 Å². The van der Waals surface area contributed by atoms with Crippen molar-refractivity contribution in [3.8, 4) is 5.40 Å². The van der Waals surface area contributed by atoms with E-state index in [2.05, 4.69) is 0 Å². The number of hydrogen-bond donors (Lipinski definition) is 0. The van der Waals surface area contributed by atoms with E-state index in [1.165, 1.54) is 17.8 Å². The van der Waals surface area contributed by atoms with Crippen molar-refractivity contribution in [2.75, 3.05) is 0 Å². The van der Waals surface area contributed by atoms with Gasteiger partial charge < -0.3 is 0 Å². The van der Waals surface area contributed by atoms with Gasteiger partial charge in [-0.25, -0.2) is 0 Å². The molecule has 9 heavy (non-hydrogen) atoms. The molecule has 0 atom stereocenters. The summed E-state index contributed by atoms with van der Waals surface area (Å²) >= 11 is 2.19. The van der Waals surface area contributed by atoms with Crippen molar-refractivity contribution in [3.63, 3.8) is 0 Å². The van der Waals surface area contributed by atoms with Gasteiger partial charge in [-0.2, -0.15) is 0 Å². The van der Waals surface area contributed by atoms with Gasteiger partial charge in [0.25, 0.3) is 0 Å². The third-order valence-corrected chi connectivity index (χ3v) is 2.46. The zero-order chi connectivity index (χ0) is 7.11. The Morgan fingerprint density at radius 3 is 2.89 bits per heavy atom. The molecule has 0 amide bonds. The Morgan fingerprint density at radius 2 is 2.44 bits per heavy atom. The molecular formula is C6H4NSZn-. The molecule has 0 radical (unpaired) electrons. The fraction of sp³-hybridized carbons (Fsp3) is 0. The Hall–Kier alpha value is -0.187. The van der Waals surface area contributed by atoms with E-state index in [0.717, 1.165) is 21.3 Å². The summed E-state index contributed by atoms with van der Waals surface area (Å²) in [4.78, 5) is 0. The fourth-order valence-electron chi connectivity index (χ4n) is 0.256. The fourth-order valence-corrected chi connectivity index (χ4v) is 1.21. The number of thiocyanates is 1. The van der Waals surface area contributed by atoms with E-state index in [4.69, 9.17) is 11.8 Å². The predicted molar refractivity (Wildman–Crippen MR) is 36.2 cm³/mol. The van der Waals surface area contributed by atoms with E-state index in [9.17, 15) is 0 Å². The van der Waals surface area contributed by atoms with E-state index < -0.39 is 0 Å². The van der Waals surface area contributed by atoms with Crippen molar-refractivity contribution in [1.82, 2.24) is 0 Å². The normalized spacial score (nSPS) is 9.00. The molecule has 0 unspecified atom stereocenters. The van der Waals surface area contributed by atoms with Crippen LogP contribution < -0.4 is 0 Å². The maximum absolute atomic E-state index is 8.17. The summed E-state index contributed by atoms with van der Waals surface area (Å²) in [6, 6.07) is 0. The number of allylic oxidation sites excluding steroid dienone is 2. The molecular weight excluding hydrogens is 184 g/mol. The van der Waals surface area contributed by atoms with Gasteiger partial charge in [-0.05, 0) is 0 Å². The second-order valence-electron chi connectivity index (χ2n) is 1.21. The first kappa shape index (κ1) is 8.81. The molecule has 0 aliphatic heterocycles. The van der Waals surface area contributed by atoms with Crippen molar-refractivity contribution in [1.29, 1.82) is 5.26 Å². The SMILES string of the molecule is [CH-]=C/C=C\[C](=[Zn])SC#N. The minimum atomic E-state index is 1.00. The Morgan fingerprint density at radius 1 is 1.78 bits per heavy atom. The molecule has 1 nitrogen and oxygen atoms in total. The van der Waals surface area contributed by atoms with E-state index in [1.54, 1.807) is 6.08 Å². The number of hydrogen-bond acceptors (Lipinski definition) is 2. The summed E-state index contributed by atoms with van der Waals surface area (Å²) in [6.45, 7) is 5.07. The topological polar surface area (TPSA) is 23.8 Å². The third kappa shape index (κ3) is 5.69. The summed E-state index contributed by atoms with van der Waals surface area (Å²) < 4.78 is 1.07. The van der Waals surface area contributed by atoms with E-state index >= 15 is 0 Å². The first-order valence-corrected chi connectivity index (χ1v) is 4.57. The van der Waals surface area contributed by atoms with Crippen LogP contribution in [0, 0.1) is 17.2 Å². The first-order chi connectivity index (χ1) is 4.31. The van der Waals surface area contributed by atoms with Crippen LogP contribution in [0.4, 0.5) is 0 Å². The average molecular weight is 188 g/mol. The monoisotopic (exact) mass is 186 g/mol. The van der Waals surface area contributed by atoms with Crippen LogP contribution in [0.5, 0.6) is 0 Å². The molecule has 42 valence electrons. The van der Waals surface area contributed by atoms with Gasteiger partial charge in [-0.3, -0.25) is 0 Å². The molecule has 0 aromatic heterocycles. The number of thioether (sulfide) groups is 1. The Balaban J connectivity index is 3.66. The van der Waals surface area contributed by atoms with Gasteiger partial charge in [-0.15, -0.1) is 0 Å². The summed E-state index contributed by atoms with van der Waals surface area (Å²) in [5.41, 5.74) is 0. The van der Waals surface area contributed by atoms with Gasteiger partial charge in [0, 0.05) is 0 Å². The van der Waals surface area contributed by atoms with Crippen molar-refractivity contribution in [2.24, 2.45) is 0 Å². The van der Waals surface area contributed by atoms with Gasteiger partial charge in [0.1, 0.15) is 0 Å². The van der Waals surface area contributed by atoms with E-state index in [0.29, 0.717) is 0 Å². The molecule has 0 saturated heterocycles. The second kappa shape index (κ2) is 5.94. The predicted octanol–water partition coefficient (Wildman–Crippen LogP) is 1.42. The Kier molecular flexibility index (Phi) is 5.82. The molecule has 0 rings (SSSR count). The summed E-state index contributed by atoms with van der Waals surface area (Å²) in [6.07, 6.45) is 5.02. The Labute approximate surface area is 68.6 Å². The molecule has 0 N–H and O–H groups in total. The van der Waals surface area contributed by atoms with Crippen molar-refractivity contribution >= 4 is 15.2 Å². The summed E-state index contributed by atoms with van der Waals surface area (Å²) in [5.74, 6) is 0. The van der Waals surface area contributed by atoms with Crippen LogP contribution in [-0.4, -0.2) is 3.44 Å². The van der Waals surface area contributed by atoms with E-state index in [-0.39, 0.29) is 0 Å². The standard InChI is InChI=1S/C6H4NS.Zn/c1-2-3-4-5-8-6-7;/h1-4H;/q-1;/b4-3-;. The van der Waals surface area contributed by atoms with Crippen LogP contribution in [0.25, 0.3) is 0 Å². The molecule has 0 spiro atoms. The molecule has 0 saturated carbocycles. The summed E-state index contributed by atoms with van der Waals surface area (Å²) in [7, 11) is 0. The number of nitriles is 1. The number of nitrogens with zero attached hydrogens (tertiary/aromatic N) is 1. The second-order valence-corrected chi connectivity index (χ2v) is 4.80. The third-order valence-electron chi connectivity index (χ3n) is 0.570. The van der Waals surface area contributed by atoms with Crippen LogP contribution in [0.15, 0.2) is 18.2 Å². The molecule has 0 aliphatic carbocycles. The molecule has 0 bridgehead atoms. The minimum absolute atomic E-state index is 1.00. The van der Waals surface area contributed by atoms with Gasteiger partial charge in [0.2, 0.25) is 0 Å². The molecule has 0 aliphatic rings. The van der Waals surface area contributed by atoms with Crippen molar-refractivity contribution in [2.45, 2.75) is 0 Å². The molecule has 3 heteroatoms. The van der Waals surface area contributed by atoms with Crippen LogP contribution >= 0.6 is 11.8 Å². The van der Waals surface area contributed by atoms with Crippen molar-refractivity contribution < 1.29 is 17.9 Å². The maximum atomic E-state index is 8.17. The molecule has 0 heterocycles. The molecule has 0 fully saturated rings. The number of rotatable bonds is 3. The van der Waals surface area contributed by atoms with Crippen molar-refractivity contribution in [3.05, 3.63) is 24.8 Å². The molecule has 0 aromatic rings. The zero-order valence-corrected chi connectivity index (χ0v) is 8.66. The first-order valence-electron chi connectivity index (χ1n) is 2.27. The van der Waals surface area contributed by atoms with Crippen LogP contribution in [0.2, 0.25) is 0 Å². The van der Waals surface area contributed by atoms with Gasteiger partial charge in [0.05, 0.1) is 0 Å². The van der Waals surface area contributed by atoms with Crippen LogP contribution in [-0.2, 0) is 17.9 Å². The summed E-state index contributed by atoms with van der Waals surface area (Å²) in [5, 5.41) is 10.2. The van der Waals surface area contributed by atoms with Crippen LogP contribution in [0.1, 0.15) is 0 Å².